The number of carboxylic acids is 1. The van der Waals surface area contributed by atoms with E-state index in [0.717, 1.165) is 22.6 Å². The van der Waals surface area contributed by atoms with Gasteiger partial charge in [-0.2, -0.15) is 0 Å². The number of aromatic nitrogens is 1. The van der Waals surface area contributed by atoms with Crippen molar-refractivity contribution in [3.8, 4) is 39.6 Å². The average molecular weight is 351 g/mol. The fourth-order valence-corrected chi connectivity index (χ4v) is 3.40. The maximum absolute atomic E-state index is 11.9. The summed E-state index contributed by atoms with van der Waals surface area (Å²) in [5.41, 5.74) is 3.67. The molecule has 0 spiro atoms. The molecular weight excluding hydrogens is 334 g/mol. The molecule has 4 rings (SSSR count). The molecule has 6 nitrogen and oxygen atoms in total. The first kappa shape index (κ1) is 16.1. The van der Waals surface area contributed by atoms with Crippen LogP contribution in [0.2, 0.25) is 0 Å². The lowest BCUT2D eigenvalue weighted by molar-refractivity contribution is 0.0692. The zero-order valence-corrected chi connectivity index (χ0v) is 14.3. The van der Waals surface area contributed by atoms with E-state index in [2.05, 4.69) is 4.98 Å². The Labute approximate surface area is 150 Å². The topological polar surface area (TPSA) is 80.8 Å². The van der Waals surface area contributed by atoms with Crippen molar-refractivity contribution in [3.63, 3.8) is 0 Å². The van der Waals surface area contributed by atoms with Crippen molar-refractivity contribution in [1.29, 1.82) is 0 Å². The molecule has 1 aliphatic heterocycles. The number of carboxylic acid groups (broad SMARTS) is 1. The maximum atomic E-state index is 11.9. The predicted molar refractivity (Wildman–Crippen MR) is 96.1 cm³/mol. The number of methoxy groups -OCH3 is 2. The SMILES string of the molecule is COc1cccc(-c2c(C(=O)O)[nH]c3c2COc2ccccc2-3)c1OC. The third-order valence-corrected chi connectivity index (χ3v) is 4.52. The number of rotatable bonds is 4. The Kier molecular flexibility index (Phi) is 3.80. The summed E-state index contributed by atoms with van der Waals surface area (Å²) in [6, 6.07) is 12.9. The molecule has 0 bridgehead atoms. The molecule has 1 aromatic heterocycles. The highest BCUT2D eigenvalue weighted by Crippen LogP contribution is 2.46. The Morgan fingerprint density at radius 3 is 2.58 bits per heavy atom. The molecular formula is C20H17NO5. The van der Waals surface area contributed by atoms with Gasteiger partial charge in [0, 0.05) is 22.3 Å². The second-order valence-electron chi connectivity index (χ2n) is 5.86. The molecule has 132 valence electrons. The van der Waals surface area contributed by atoms with Crippen molar-refractivity contribution < 1.29 is 24.1 Å². The number of aromatic amines is 1. The largest absolute Gasteiger partial charge is 0.493 e. The normalized spacial score (nSPS) is 11.9. The first-order valence-corrected chi connectivity index (χ1v) is 8.07. The van der Waals surface area contributed by atoms with Crippen LogP contribution in [0.3, 0.4) is 0 Å². The van der Waals surface area contributed by atoms with Crippen molar-refractivity contribution in [1.82, 2.24) is 4.98 Å². The van der Waals surface area contributed by atoms with Crippen LogP contribution in [0, 0.1) is 0 Å². The van der Waals surface area contributed by atoms with Gasteiger partial charge >= 0.3 is 5.97 Å². The average Bonchev–Trinajstić information content (AvgIpc) is 3.07. The van der Waals surface area contributed by atoms with Crippen LogP contribution in [0.4, 0.5) is 0 Å². The molecule has 0 aliphatic carbocycles. The molecule has 3 aromatic rings. The monoisotopic (exact) mass is 351 g/mol. The third-order valence-electron chi connectivity index (χ3n) is 4.52. The highest BCUT2D eigenvalue weighted by atomic mass is 16.5. The Hall–Kier alpha value is -3.41. The van der Waals surface area contributed by atoms with E-state index in [-0.39, 0.29) is 12.3 Å². The standard InChI is InChI=1S/C20H17NO5/c1-24-15-9-5-7-12(19(15)25-2)16-13-10-26-14-8-4-3-6-11(14)17(13)21-18(16)20(22)23/h3-9,21H,10H2,1-2H3,(H,22,23). The van der Waals surface area contributed by atoms with Gasteiger partial charge in [0.25, 0.3) is 0 Å². The van der Waals surface area contributed by atoms with Crippen LogP contribution in [0.1, 0.15) is 16.1 Å². The molecule has 2 aromatic carbocycles. The Balaban J connectivity index is 2.03. The van der Waals surface area contributed by atoms with Crippen LogP contribution in [-0.2, 0) is 6.61 Å². The van der Waals surface area contributed by atoms with E-state index in [0.29, 0.717) is 22.6 Å². The number of H-pyrrole nitrogens is 1. The number of fused-ring (bicyclic) bond motifs is 3. The second kappa shape index (κ2) is 6.15. The van der Waals surface area contributed by atoms with E-state index in [4.69, 9.17) is 14.2 Å². The maximum Gasteiger partial charge on any atom is 0.352 e. The minimum Gasteiger partial charge on any atom is -0.493 e. The molecule has 0 saturated carbocycles. The Bertz CT molecular complexity index is 1010. The van der Waals surface area contributed by atoms with Gasteiger partial charge in [-0.05, 0) is 18.2 Å². The Morgan fingerprint density at radius 2 is 1.85 bits per heavy atom. The number of ether oxygens (including phenoxy) is 3. The van der Waals surface area contributed by atoms with Crippen molar-refractivity contribution >= 4 is 5.97 Å². The van der Waals surface area contributed by atoms with E-state index >= 15 is 0 Å². The van der Waals surface area contributed by atoms with E-state index in [9.17, 15) is 9.90 Å². The van der Waals surface area contributed by atoms with Crippen molar-refractivity contribution in [3.05, 3.63) is 53.7 Å². The van der Waals surface area contributed by atoms with Crippen LogP contribution in [0.15, 0.2) is 42.5 Å². The molecule has 0 amide bonds. The van der Waals surface area contributed by atoms with Crippen LogP contribution >= 0.6 is 0 Å². The Morgan fingerprint density at radius 1 is 1.08 bits per heavy atom. The second-order valence-corrected chi connectivity index (χ2v) is 5.86. The minimum absolute atomic E-state index is 0.0989. The molecule has 2 heterocycles. The summed E-state index contributed by atoms with van der Waals surface area (Å²) in [6.07, 6.45) is 0. The number of carbonyl (C=O) groups is 1. The molecule has 0 unspecified atom stereocenters. The van der Waals surface area contributed by atoms with Crippen molar-refractivity contribution in [2.45, 2.75) is 6.61 Å². The summed E-state index contributed by atoms with van der Waals surface area (Å²) in [5.74, 6) is 0.700. The number of hydrogen-bond donors (Lipinski definition) is 2. The summed E-state index contributed by atoms with van der Waals surface area (Å²) in [5, 5.41) is 9.77. The fourth-order valence-electron chi connectivity index (χ4n) is 3.40. The lowest BCUT2D eigenvalue weighted by Crippen LogP contribution is -2.05. The molecule has 26 heavy (non-hydrogen) atoms. The van der Waals surface area contributed by atoms with Crippen LogP contribution in [0.5, 0.6) is 17.2 Å². The molecule has 6 heteroatoms. The zero-order chi connectivity index (χ0) is 18.3. The van der Waals surface area contributed by atoms with Crippen LogP contribution in [0.25, 0.3) is 22.4 Å². The molecule has 0 atom stereocenters. The summed E-state index contributed by atoms with van der Waals surface area (Å²) in [6.45, 7) is 0.270. The molecule has 0 fully saturated rings. The smallest absolute Gasteiger partial charge is 0.352 e. The number of nitrogens with one attached hydrogen (secondary N) is 1. The molecule has 2 N–H and O–H groups in total. The highest BCUT2D eigenvalue weighted by Gasteiger charge is 2.30. The first-order valence-electron chi connectivity index (χ1n) is 8.07. The summed E-state index contributed by atoms with van der Waals surface area (Å²) in [7, 11) is 3.08. The number of hydrogen-bond acceptors (Lipinski definition) is 4. The highest BCUT2D eigenvalue weighted by molar-refractivity contribution is 6.00. The van der Waals surface area contributed by atoms with Crippen LogP contribution in [-0.4, -0.2) is 30.3 Å². The van der Waals surface area contributed by atoms with E-state index in [1.54, 1.807) is 19.2 Å². The van der Waals surface area contributed by atoms with Gasteiger partial charge < -0.3 is 24.3 Å². The van der Waals surface area contributed by atoms with Gasteiger partial charge in [0.05, 0.1) is 19.9 Å². The van der Waals surface area contributed by atoms with Crippen LogP contribution < -0.4 is 14.2 Å². The number of aromatic carboxylic acids is 1. The minimum atomic E-state index is -1.04. The predicted octanol–water partition coefficient (Wildman–Crippen LogP) is 3.96. The molecule has 0 saturated heterocycles. The van der Waals surface area contributed by atoms with Gasteiger partial charge in [-0.3, -0.25) is 0 Å². The summed E-state index contributed by atoms with van der Waals surface area (Å²) < 4.78 is 16.7. The molecule has 1 aliphatic rings. The lowest BCUT2D eigenvalue weighted by Gasteiger charge is -2.19. The fraction of sp³-hybridized carbons (Fsp3) is 0.150. The molecule has 0 radical (unpaired) electrons. The summed E-state index contributed by atoms with van der Waals surface area (Å²) in [4.78, 5) is 15.0. The first-order chi connectivity index (χ1) is 12.7. The third kappa shape index (κ3) is 2.30. The van der Waals surface area contributed by atoms with Gasteiger partial charge in [-0.25, -0.2) is 4.79 Å². The number of benzene rings is 2. The van der Waals surface area contributed by atoms with E-state index in [1.807, 2.05) is 30.3 Å². The van der Waals surface area contributed by atoms with Crippen molar-refractivity contribution in [2.24, 2.45) is 0 Å². The number of para-hydroxylation sites is 2. The van der Waals surface area contributed by atoms with Crippen molar-refractivity contribution in [2.75, 3.05) is 14.2 Å². The zero-order valence-electron chi connectivity index (χ0n) is 14.3. The summed E-state index contributed by atoms with van der Waals surface area (Å²) >= 11 is 0. The van der Waals surface area contributed by atoms with Gasteiger partial charge in [0.1, 0.15) is 18.1 Å². The quantitative estimate of drug-likeness (QED) is 0.744. The van der Waals surface area contributed by atoms with Gasteiger partial charge in [0.2, 0.25) is 0 Å². The van der Waals surface area contributed by atoms with Gasteiger partial charge in [0.15, 0.2) is 11.5 Å². The van der Waals surface area contributed by atoms with Gasteiger partial charge in [-0.15, -0.1) is 0 Å². The van der Waals surface area contributed by atoms with Gasteiger partial charge in [-0.1, -0.05) is 24.3 Å². The van der Waals surface area contributed by atoms with E-state index in [1.165, 1.54) is 7.11 Å². The lowest BCUT2D eigenvalue weighted by atomic mass is 9.95. The van der Waals surface area contributed by atoms with E-state index < -0.39 is 5.97 Å².